The first-order chi connectivity index (χ1) is 32.2. The number of carbonyl (C=O) groups excluding carboxylic acids is 4. The quantitative estimate of drug-likeness (QED) is 0.0695. The summed E-state index contributed by atoms with van der Waals surface area (Å²) in [7, 11) is -7.10. The number of furan rings is 2. The summed E-state index contributed by atoms with van der Waals surface area (Å²) in [5.41, 5.74) is 6.16. The van der Waals surface area contributed by atoms with Gasteiger partial charge in [-0.1, -0.05) is 51.3 Å². The molecule has 0 radical (unpaired) electrons. The first-order valence-corrected chi connectivity index (χ1v) is 23.9. The molecule has 73 heavy (non-hydrogen) atoms. The zero-order chi connectivity index (χ0) is 48.9. The summed E-state index contributed by atoms with van der Waals surface area (Å²) in [6.07, 6.45) is 9.98. The van der Waals surface area contributed by atoms with Crippen LogP contribution in [-0.2, 0) is 63.3 Å². The van der Waals surface area contributed by atoms with Crippen LogP contribution in [0.4, 0.5) is 11.6 Å². The molecule has 0 bridgehead atoms. The number of fused-ring (bicyclic) bond motifs is 4. The molecule has 0 N–H and O–H groups in total. The topological polar surface area (TPSA) is 278 Å². The van der Waals surface area contributed by atoms with Crippen molar-refractivity contribution in [2.75, 3.05) is 37.4 Å². The molecule has 2 aromatic carbocycles. The van der Waals surface area contributed by atoms with Gasteiger partial charge in [0.25, 0.3) is 0 Å². The first-order valence-electron chi connectivity index (χ1n) is 21.0. The largest absolute Gasteiger partial charge is 2.00 e. The number of likely N-dealkylation sites (N-methyl/N-ethyl adjacent to an activating group) is 2. The van der Waals surface area contributed by atoms with E-state index in [-0.39, 0.29) is 133 Å². The van der Waals surface area contributed by atoms with Gasteiger partial charge in [-0.25, -0.2) is 9.97 Å². The van der Waals surface area contributed by atoms with Crippen LogP contribution in [0.15, 0.2) is 94.0 Å². The maximum absolute atomic E-state index is 12.6. The van der Waals surface area contributed by atoms with Crippen molar-refractivity contribution in [2.24, 2.45) is 0 Å². The summed E-state index contributed by atoms with van der Waals surface area (Å²) >= 11 is 0. The minimum atomic E-state index is -5.23. The van der Waals surface area contributed by atoms with Crippen LogP contribution in [0.5, 0.6) is 0 Å². The van der Waals surface area contributed by atoms with Gasteiger partial charge in [-0.15, -0.1) is 0 Å². The van der Waals surface area contributed by atoms with Crippen LogP contribution < -0.4 is 88.5 Å². The first kappa shape index (κ1) is 65.3. The van der Waals surface area contributed by atoms with Crippen LogP contribution in [0.1, 0.15) is 72.6 Å². The Morgan fingerprint density at radius 1 is 0.658 bits per heavy atom. The molecule has 25 heteroatoms. The molecule has 2 aliphatic heterocycles. The summed E-state index contributed by atoms with van der Waals surface area (Å²) in [4.78, 5) is 106. The Labute approximate surface area is 483 Å². The van der Waals surface area contributed by atoms with Crippen molar-refractivity contribution in [3.05, 3.63) is 130 Å². The smallest absolute Gasteiger partial charge is 0.790 e. The predicted octanol–water partition coefficient (Wildman–Crippen LogP) is -1.32. The van der Waals surface area contributed by atoms with Crippen LogP contribution >= 0.6 is 15.6 Å². The Balaban J connectivity index is 0.000000468. The number of nitrogens with zero attached hydrogens (tertiary/aromatic N) is 6. The van der Waals surface area contributed by atoms with E-state index in [1.54, 1.807) is 38.4 Å². The van der Waals surface area contributed by atoms with Crippen molar-refractivity contribution in [1.82, 2.24) is 19.8 Å². The molecular weight excluding hydrogens is 1020 g/mol. The van der Waals surface area contributed by atoms with E-state index in [2.05, 4.69) is 19.0 Å². The number of para-hydroxylation sites is 2. The van der Waals surface area contributed by atoms with Gasteiger partial charge in [-0.2, -0.15) is 0 Å². The van der Waals surface area contributed by atoms with Crippen molar-refractivity contribution in [2.45, 2.75) is 67.5 Å². The molecule has 4 amide bonds. The van der Waals surface area contributed by atoms with Gasteiger partial charge < -0.3 is 56.4 Å². The maximum Gasteiger partial charge on any atom is 2.00 e. The van der Waals surface area contributed by atoms with Crippen LogP contribution in [-0.4, -0.2) is 94.0 Å². The summed E-state index contributed by atoms with van der Waals surface area (Å²) in [6, 6.07) is 18.9. The number of aryl methyl sites for hydroxylation is 4. The van der Waals surface area contributed by atoms with E-state index in [0.29, 0.717) is 59.7 Å². The molecule has 0 fully saturated rings. The number of phosphoric ester groups is 2. The van der Waals surface area contributed by atoms with Gasteiger partial charge in [-0.05, 0) is 85.4 Å². The molecule has 4 aromatic heterocycles. The molecule has 0 unspecified atom stereocenters. The van der Waals surface area contributed by atoms with E-state index >= 15 is 0 Å². The number of amides is 4. The van der Waals surface area contributed by atoms with Gasteiger partial charge in [-0.3, -0.25) is 29.0 Å². The standard InChI is InChI=1S/2C23H24N3O7P.2CH4.Mg.2Na/c2*1-15-18-5-3-4-6-19(18)33-20(15)13-25(2)21(27)9-7-16-11-17-8-10-22(28)26(23(17)24-12-16)14-32-34(29,30)31;;;;;/h2*3-7,9,11-12H,8,10,13-14H2,1-2H3,(H2,29,30,31);2*1H4;;;/q;;;;+2;2*+1/p-4/b2*9-7+;;;;;. The van der Waals surface area contributed by atoms with Gasteiger partial charge in [0.05, 0.1) is 28.7 Å². The number of benzene rings is 2. The number of hydrogen-bond acceptors (Lipinski definition) is 16. The normalized spacial score (nSPS) is 13.2. The maximum atomic E-state index is 12.6. The number of aromatic nitrogens is 2. The Kier molecular flexibility index (Phi) is 25.3. The van der Waals surface area contributed by atoms with Gasteiger partial charge in [0.2, 0.25) is 23.6 Å². The van der Waals surface area contributed by atoms with Crippen molar-refractivity contribution in [3.8, 4) is 0 Å². The zero-order valence-corrected chi connectivity index (χ0v) is 47.1. The predicted molar refractivity (Wildman–Crippen MR) is 259 cm³/mol. The summed E-state index contributed by atoms with van der Waals surface area (Å²) < 4.78 is 41.8. The Bertz CT molecular complexity index is 2880. The fourth-order valence-electron chi connectivity index (χ4n) is 7.52. The number of anilines is 2. The molecule has 2 aliphatic rings. The third kappa shape index (κ3) is 17.1. The second kappa shape index (κ2) is 28.3. The third-order valence-corrected chi connectivity index (χ3v) is 12.0. The Hall–Kier alpha value is -3.83. The fourth-order valence-corrected chi connectivity index (χ4v) is 8.03. The molecule has 372 valence electrons. The van der Waals surface area contributed by atoms with Gasteiger partial charge in [0.1, 0.15) is 47.8 Å². The zero-order valence-electron chi connectivity index (χ0n) is 39.9. The number of carbonyl (C=O) groups is 4. The van der Waals surface area contributed by atoms with Crippen LogP contribution in [0.2, 0.25) is 0 Å². The molecule has 0 spiro atoms. The number of pyridine rings is 2. The average Bonchev–Trinajstić information content (AvgIpc) is 3.79. The minimum absolute atomic E-state index is 0. The second-order valence-electron chi connectivity index (χ2n) is 15.9. The molecule has 6 heterocycles. The Morgan fingerprint density at radius 2 is 1.01 bits per heavy atom. The summed E-state index contributed by atoms with van der Waals surface area (Å²) in [6.45, 7) is 3.10. The van der Waals surface area contributed by atoms with E-state index in [1.807, 2.05) is 62.4 Å². The fraction of sp³-hybridized carbons (Fsp3) is 0.292. The van der Waals surface area contributed by atoms with Crippen molar-refractivity contribution < 1.29 is 125 Å². The van der Waals surface area contributed by atoms with Gasteiger partial charge >= 0.3 is 82.2 Å². The third-order valence-electron chi connectivity index (χ3n) is 11.2. The molecule has 0 saturated carbocycles. The number of hydrogen-bond donors (Lipinski definition) is 0. The van der Waals surface area contributed by atoms with E-state index in [0.717, 1.165) is 42.9 Å². The van der Waals surface area contributed by atoms with Gasteiger partial charge in [0, 0.05) is 73.4 Å². The van der Waals surface area contributed by atoms with Crippen LogP contribution in [0.3, 0.4) is 0 Å². The number of rotatable bonds is 14. The van der Waals surface area contributed by atoms with Crippen molar-refractivity contribution in [1.29, 1.82) is 0 Å². The van der Waals surface area contributed by atoms with Crippen LogP contribution in [0, 0.1) is 13.8 Å². The summed E-state index contributed by atoms with van der Waals surface area (Å²) in [5.74, 6) is 0.635. The molecule has 6 aromatic rings. The van der Waals surface area contributed by atoms with E-state index in [1.165, 1.54) is 34.3 Å². The number of phosphoric acid groups is 2. The van der Waals surface area contributed by atoms with Gasteiger partial charge in [0.15, 0.2) is 0 Å². The molecule has 8 rings (SSSR count). The minimum Gasteiger partial charge on any atom is -0.790 e. The molecule has 0 atom stereocenters. The second-order valence-corrected chi connectivity index (χ2v) is 18.2. The van der Waals surface area contributed by atoms with Crippen molar-refractivity contribution in [3.63, 3.8) is 0 Å². The SMILES string of the molecule is C.C.Cc1c(CN(C)C(=O)/C=C/c2cnc3c(c2)CCC(=O)N3COP(=O)([O-])[O-])oc2ccccc12.Cc1c(CN(C)C(=O)/C=C/c2cnc3c(c2)CCC(=O)N3COP(=O)([O-])[O-])oc2ccccc12.[Mg+2].[Na+].[Na+]. The molecule has 0 aliphatic carbocycles. The van der Waals surface area contributed by atoms with E-state index in [9.17, 15) is 47.9 Å². The molecular formula is C48H52MgN6Na2O14P2. The monoisotopic (exact) mass is 1070 g/mol. The van der Waals surface area contributed by atoms with Crippen molar-refractivity contribution >= 4 is 108 Å². The molecule has 20 nitrogen and oxygen atoms in total. The average molecular weight is 1070 g/mol. The Morgan fingerprint density at radius 3 is 1.36 bits per heavy atom. The van der Waals surface area contributed by atoms with E-state index in [4.69, 9.17) is 8.83 Å². The summed E-state index contributed by atoms with van der Waals surface area (Å²) in [5, 5.41) is 2.03. The molecule has 0 saturated heterocycles. The van der Waals surface area contributed by atoms with E-state index < -0.39 is 40.9 Å². The van der Waals surface area contributed by atoms with Crippen LogP contribution in [0.25, 0.3) is 34.1 Å².